The van der Waals surface area contributed by atoms with Crippen LogP contribution >= 0.6 is 11.3 Å². The first kappa shape index (κ1) is 18.3. The van der Waals surface area contributed by atoms with E-state index in [2.05, 4.69) is 44.0 Å². The van der Waals surface area contributed by atoms with Gasteiger partial charge in [0.2, 0.25) is 5.88 Å². The lowest BCUT2D eigenvalue weighted by Gasteiger charge is -2.14. The molecule has 0 spiro atoms. The molecule has 0 N–H and O–H groups in total. The number of pyridine rings is 1. The molecule has 146 valence electrons. The Morgan fingerprint density at radius 1 is 1.10 bits per heavy atom. The quantitative estimate of drug-likeness (QED) is 0.393. The van der Waals surface area contributed by atoms with Gasteiger partial charge in [0, 0.05) is 22.8 Å². The van der Waals surface area contributed by atoms with E-state index in [1.165, 1.54) is 22.4 Å². The molecule has 3 aromatic heterocycles. The molecule has 1 aliphatic rings. The molecule has 0 saturated carbocycles. The maximum absolute atomic E-state index is 6.49. The molecule has 1 aliphatic carbocycles. The largest absolute Gasteiger partial charge is 0.438 e. The predicted molar refractivity (Wildman–Crippen MR) is 118 cm³/mol. The fourth-order valence-electron chi connectivity index (χ4n) is 3.85. The molecule has 0 fully saturated rings. The highest BCUT2D eigenvalue weighted by Crippen LogP contribution is 2.43. The molecular formula is C24H23N3OS. The Kier molecular flexibility index (Phi) is 4.55. The van der Waals surface area contributed by atoms with Crippen LogP contribution in [0.15, 0.2) is 42.7 Å². The van der Waals surface area contributed by atoms with Crippen molar-refractivity contribution in [2.75, 3.05) is 0 Å². The van der Waals surface area contributed by atoms with Crippen molar-refractivity contribution in [2.24, 2.45) is 0 Å². The Labute approximate surface area is 174 Å². The summed E-state index contributed by atoms with van der Waals surface area (Å²) in [5.74, 6) is 2.64. The highest BCUT2D eigenvalue weighted by molar-refractivity contribution is 7.19. The van der Waals surface area contributed by atoms with E-state index in [9.17, 15) is 0 Å². The van der Waals surface area contributed by atoms with Gasteiger partial charge in [-0.2, -0.15) is 4.98 Å². The Morgan fingerprint density at radius 3 is 2.79 bits per heavy atom. The van der Waals surface area contributed by atoms with E-state index in [0.29, 0.717) is 17.6 Å². The molecule has 0 atom stereocenters. The fraction of sp³-hybridized carbons (Fsp3) is 0.292. The lowest BCUT2D eigenvalue weighted by molar-refractivity contribution is 0.464. The number of hydrogen-bond donors (Lipinski definition) is 0. The van der Waals surface area contributed by atoms with E-state index in [1.807, 2.05) is 12.1 Å². The summed E-state index contributed by atoms with van der Waals surface area (Å²) < 4.78 is 6.49. The van der Waals surface area contributed by atoms with Gasteiger partial charge in [-0.3, -0.25) is 4.98 Å². The maximum Gasteiger partial charge on any atom is 0.231 e. The number of aryl methyl sites for hydroxylation is 3. The SMILES string of the molecule is Cc1ccc(C(C)C)cc1Oc1nc(-c2cccnc2)nc2sc3c(c12)CCC3. The fourth-order valence-corrected chi connectivity index (χ4v) is 5.10. The van der Waals surface area contributed by atoms with E-state index < -0.39 is 0 Å². The molecule has 5 heteroatoms. The number of hydrogen-bond acceptors (Lipinski definition) is 5. The van der Waals surface area contributed by atoms with Crippen LogP contribution in [-0.4, -0.2) is 15.0 Å². The minimum Gasteiger partial charge on any atom is -0.438 e. The highest BCUT2D eigenvalue weighted by Gasteiger charge is 2.24. The summed E-state index contributed by atoms with van der Waals surface area (Å²) in [7, 11) is 0. The van der Waals surface area contributed by atoms with Gasteiger partial charge in [-0.1, -0.05) is 26.0 Å². The minimum absolute atomic E-state index is 0.444. The van der Waals surface area contributed by atoms with Crippen LogP contribution in [0.1, 0.15) is 47.8 Å². The molecular weight excluding hydrogens is 378 g/mol. The lowest BCUT2D eigenvalue weighted by atomic mass is 10.0. The van der Waals surface area contributed by atoms with Crippen LogP contribution in [0.5, 0.6) is 11.6 Å². The number of thiophene rings is 1. The number of fused-ring (bicyclic) bond motifs is 3. The van der Waals surface area contributed by atoms with Crippen molar-refractivity contribution in [1.29, 1.82) is 0 Å². The molecule has 1 aromatic carbocycles. The summed E-state index contributed by atoms with van der Waals surface area (Å²) >= 11 is 1.78. The van der Waals surface area contributed by atoms with Gasteiger partial charge in [0.05, 0.1) is 5.39 Å². The summed E-state index contributed by atoms with van der Waals surface area (Å²) in [6.45, 7) is 6.48. The minimum atomic E-state index is 0.444. The topological polar surface area (TPSA) is 47.9 Å². The zero-order chi connectivity index (χ0) is 20.0. The Balaban J connectivity index is 1.69. The monoisotopic (exact) mass is 401 g/mol. The second-order valence-electron chi connectivity index (χ2n) is 7.91. The van der Waals surface area contributed by atoms with E-state index in [0.717, 1.165) is 39.9 Å². The van der Waals surface area contributed by atoms with Crippen LogP contribution in [0.25, 0.3) is 21.6 Å². The second-order valence-corrected chi connectivity index (χ2v) is 9.00. The van der Waals surface area contributed by atoms with Crippen molar-refractivity contribution in [2.45, 2.75) is 46.0 Å². The van der Waals surface area contributed by atoms with Crippen LogP contribution in [0.3, 0.4) is 0 Å². The molecule has 0 unspecified atom stereocenters. The smallest absolute Gasteiger partial charge is 0.231 e. The molecule has 0 aliphatic heterocycles. The molecule has 5 rings (SSSR count). The van der Waals surface area contributed by atoms with Gasteiger partial charge in [-0.25, -0.2) is 4.98 Å². The Bertz CT molecular complexity index is 1200. The van der Waals surface area contributed by atoms with E-state index >= 15 is 0 Å². The standard InChI is InChI=1S/C24H23N3OS/c1-14(2)16-10-9-15(3)19(12-16)28-23-21-18-7-4-8-20(18)29-24(21)27-22(26-23)17-6-5-11-25-13-17/h5-6,9-14H,4,7-8H2,1-3H3. The van der Waals surface area contributed by atoms with Gasteiger partial charge >= 0.3 is 0 Å². The van der Waals surface area contributed by atoms with Crippen molar-refractivity contribution in [3.63, 3.8) is 0 Å². The van der Waals surface area contributed by atoms with Crippen molar-refractivity contribution in [3.8, 4) is 23.0 Å². The third kappa shape index (κ3) is 3.29. The first-order chi connectivity index (χ1) is 14.1. The summed E-state index contributed by atoms with van der Waals surface area (Å²) in [6.07, 6.45) is 6.96. The van der Waals surface area contributed by atoms with E-state index in [-0.39, 0.29) is 0 Å². The van der Waals surface area contributed by atoms with Gasteiger partial charge in [-0.15, -0.1) is 11.3 Å². The Morgan fingerprint density at radius 2 is 2.00 bits per heavy atom. The first-order valence-electron chi connectivity index (χ1n) is 10.1. The lowest BCUT2D eigenvalue weighted by Crippen LogP contribution is -1.98. The van der Waals surface area contributed by atoms with Gasteiger partial charge < -0.3 is 4.74 Å². The van der Waals surface area contributed by atoms with Gasteiger partial charge in [0.1, 0.15) is 10.6 Å². The second kappa shape index (κ2) is 7.23. The van der Waals surface area contributed by atoms with E-state index in [4.69, 9.17) is 14.7 Å². The normalized spacial score (nSPS) is 13.2. The number of ether oxygens (including phenoxy) is 1. The van der Waals surface area contributed by atoms with Crippen LogP contribution in [-0.2, 0) is 12.8 Å². The molecule has 3 heterocycles. The van der Waals surface area contributed by atoms with Gasteiger partial charge in [-0.05, 0) is 67.0 Å². The third-order valence-electron chi connectivity index (χ3n) is 5.54. The molecule has 4 aromatic rings. The van der Waals surface area contributed by atoms with Crippen molar-refractivity contribution < 1.29 is 4.74 Å². The summed E-state index contributed by atoms with van der Waals surface area (Å²) in [4.78, 5) is 16.4. The van der Waals surface area contributed by atoms with E-state index in [1.54, 1.807) is 23.7 Å². The predicted octanol–water partition coefficient (Wildman–Crippen LogP) is 6.47. The number of rotatable bonds is 4. The maximum atomic E-state index is 6.49. The first-order valence-corrected chi connectivity index (χ1v) is 10.9. The highest BCUT2D eigenvalue weighted by atomic mass is 32.1. The van der Waals surface area contributed by atoms with Crippen molar-refractivity contribution >= 4 is 21.6 Å². The molecule has 0 amide bonds. The summed E-state index contributed by atoms with van der Waals surface area (Å²) in [6, 6.07) is 10.3. The summed E-state index contributed by atoms with van der Waals surface area (Å²) in [5, 5.41) is 1.09. The zero-order valence-corrected chi connectivity index (χ0v) is 17.7. The Hall–Kier alpha value is -2.79. The number of benzene rings is 1. The number of nitrogens with zero attached hydrogens (tertiary/aromatic N) is 3. The van der Waals surface area contributed by atoms with Crippen LogP contribution in [0, 0.1) is 6.92 Å². The third-order valence-corrected chi connectivity index (χ3v) is 6.72. The molecule has 0 radical (unpaired) electrons. The number of aromatic nitrogens is 3. The molecule has 29 heavy (non-hydrogen) atoms. The van der Waals surface area contributed by atoms with Crippen LogP contribution < -0.4 is 4.74 Å². The van der Waals surface area contributed by atoms with Crippen LogP contribution in [0.2, 0.25) is 0 Å². The van der Waals surface area contributed by atoms with Crippen LogP contribution in [0.4, 0.5) is 0 Å². The average molecular weight is 402 g/mol. The molecule has 0 bridgehead atoms. The zero-order valence-electron chi connectivity index (χ0n) is 16.9. The molecule has 4 nitrogen and oxygen atoms in total. The van der Waals surface area contributed by atoms with Crippen molar-refractivity contribution in [3.05, 3.63) is 64.3 Å². The molecule has 0 saturated heterocycles. The van der Waals surface area contributed by atoms with Crippen molar-refractivity contribution in [1.82, 2.24) is 15.0 Å². The van der Waals surface area contributed by atoms with Gasteiger partial charge in [0.15, 0.2) is 5.82 Å². The van der Waals surface area contributed by atoms with Gasteiger partial charge in [0.25, 0.3) is 0 Å². The summed E-state index contributed by atoms with van der Waals surface area (Å²) in [5.41, 5.74) is 4.64. The average Bonchev–Trinajstić information content (AvgIpc) is 3.31.